The molecule has 0 heterocycles. The van der Waals surface area contributed by atoms with E-state index in [4.69, 9.17) is 7.85 Å². The van der Waals surface area contributed by atoms with Gasteiger partial charge in [0.05, 0.1) is 16.7 Å². The normalized spacial score (nSPS) is 13.8. The molecule has 19 heavy (non-hydrogen) atoms. The largest absolute Gasteiger partial charge is 0.580 e. The van der Waals surface area contributed by atoms with Crippen LogP contribution in [0.25, 0.3) is 0 Å². The van der Waals surface area contributed by atoms with Crippen molar-refractivity contribution in [1.82, 2.24) is 0 Å². The van der Waals surface area contributed by atoms with Crippen molar-refractivity contribution in [3.05, 3.63) is 28.8 Å². The average Bonchev–Trinajstić information content (AvgIpc) is 2.11. The Bertz CT molecular complexity index is 445. The van der Waals surface area contributed by atoms with Gasteiger partial charge >= 0.3 is 18.5 Å². The molecule has 1 aromatic carbocycles. The quantitative estimate of drug-likeness (QED) is 0.507. The van der Waals surface area contributed by atoms with Crippen LogP contribution in [0, 0.1) is 0 Å². The molecule has 0 aliphatic carbocycles. The number of benzene rings is 1. The van der Waals surface area contributed by atoms with Gasteiger partial charge in [0, 0.05) is 0 Å². The van der Waals surface area contributed by atoms with Crippen LogP contribution in [-0.2, 0) is 18.5 Å². The van der Waals surface area contributed by atoms with Gasteiger partial charge in [-0.05, 0) is 0 Å². The highest BCUT2D eigenvalue weighted by molar-refractivity contribution is 6.32. The first-order valence-electron chi connectivity index (χ1n) is 4.39. The van der Waals surface area contributed by atoms with Crippen LogP contribution in [0.2, 0.25) is 0 Å². The molecular weight excluding hydrogens is 290 g/mol. The third-order valence-electron chi connectivity index (χ3n) is 2.05. The number of alkyl halides is 9. The Morgan fingerprint density at radius 3 is 1.16 bits per heavy atom. The number of rotatable bonds is 0. The summed E-state index contributed by atoms with van der Waals surface area (Å²) in [6.07, 6.45) is -17.0. The van der Waals surface area contributed by atoms with Crippen LogP contribution in [0.4, 0.5) is 39.5 Å². The second-order valence-electron chi connectivity index (χ2n) is 3.48. The van der Waals surface area contributed by atoms with E-state index in [9.17, 15) is 39.5 Å². The van der Waals surface area contributed by atoms with E-state index in [0.717, 1.165) is 0 Å². The Morgan fingerprint density at radius 1 is 0.632 bits per heavy atom. The van der Waals surface area contributed by atoms with Gasteiger partial charge in [0.2, 0.25) is 0 Å². The topological polar surface area (TPSA) is 0 Å². The van der Waals surface area contributed by atoms with Gasteiger partial charge in [-0.15, -0.1) is 0 Å². The predicted molar refractivity (Wildman–Crippen MR) is 46.8 cm³/mol. The SMILES string of the molecule is [B-]c1cc(C(F)(F)F)c(C(F)(F)F)c(C(F)(F)F)c1. The van der Waals surface area contributed by atoms with Crippen LogP contribution in [-0.4, -0.2) is 7.85 Å². The number of hydrogen-bond acceptors (Lipinski definition) is 0. The maximum Gasteiger partial charge on any atom is 0.417 e. The number of halogens is 9. The molecule has 0 fully saturated rings. The van der Waals surface area contributed by atoms with Crippen LogP contribution in [0.3, 0.4) is 0 Å². The molecule has 0 aliphatic rings. The highest BCUT2D eigenvalue weighted by Gasteiger charge is 2.49. The van der Waals surface area contributed by atoms with E-state index in [1.165, 1.54) is 0 Å². The van der Waals surface area contributed by atoms with Crippen LogP contribution >= 0.6 is 0 Å². The second kappa shape index (κ2) is 4.34. The molecule has 0 unspecified atom stereocenters. The zero-order valence-electron chi connectivity index (χ0n) is 8.63. The van der Waals surface area contributed by atoms with E-state index >= 15 is 0 Å². The van der Waals surface area contributed by atoms with E-state index in [-0.39, 0.29) is 12.1 Å². The van der Waals surface area contributed by atoms with E-state index in [1.54, 1.807) is 0 Å². The van der Waals surface area contributed by atoms with Crippen LogP contribution < -0.4 is 5.46 Å². The Hall–Kier alpha value is -1.35. The zero-order valence-corrected chi connectivity index (χ0v) is 8.63. The summed E-state index contributed by atoms with van der Waals surface area (Å²) in [6.45, 7) is 0. The maximum atomic E-state index is 12.5. The van der Waals surface area contributed by atoms with E-state index in [1.807, 2.05) is 0 Å². The second-order valence-corrected chi connectivity index (χ2v) is 3.48. The summed E-state index contributed by atoms with van der Waals surface area (Å²) in [5.41, 5.74) is -8.78. The Morgan fingerprint density at radius 2 is 0.947 bits per heavy atom. The van der Waals surface area contributed by atoms with Crippen molar-refractivity contribution in [3.8, 4) is 0 Å². The summed E-state index contributed by atoms with van der Waals surface area (Å²) in [6, 6.07) is -0.365. The van der Waals surface area contributed by atoms with Crippen molar-refractivity contribution < 1.29 is 39.5 Å². The summed E-state index contributed by atoms with van der Waals surface area (Å²) in [4.78, 5) is 0. The van der Waals surface area contributed by atoms with Crippen molar-refractivity contribution in [1.29, 1.82) is 0 Å². The van der Waals surface area contributed by atoms with Gasteiger partial charge in [-0.2, -0.15) is 39.5 Å². The lowest BCUT2D eigenvalue weighted by molar-refractivity contribution is -0.174. The molecule has 0 aromatic heterocycles. The molecule has 0 aliphatic heterocycles. The third-order valence-corrected chi connectivity index (χ3v) is 2.05. The maximum absolute atomic E-state index is 12.5. The fourth-order valence-electron chi connectivity index (χ4n) is 1.42. The summed E-state index contributed by atoms with van der Waals surface area (Å²) in [5, 5.41) is 0. The van der Waals surface area contributed by atoms with Crippen LogP contribution in [0.15, 0.2) is 12.1 Å². The number of hydrogen-bond donors (Lipinski definition) is 0. The minimum Gasteiger partial charge on any atom is -0.580 e. The molecule has 0 saturated carbocycles. The molecule has 0 nitrogen and oxygen atoms in total. The van der Waals surface area contributed by atoms with Crippen molar-refractivity contribution >= 4 is 13.3 Å². The molecule has 3 radical (unpaired) electrons. The molecule has 0 spiro atoms. The van der Waals surface area contributed by atoms with Crippen molar-refractivity contribution in [2.24, 2.45) is 0 Å². The molecule has 0 bridgehead atoms. The predicted octanol–water partition coefficient (Wildman–Crippen LogP) is 3.54. The average molecular weight is 292 g/mol. The van der Waals surface area contributed by atoms with Crippen LogP contribution in [0.5, 0.6) is 0 Å². The lowest BCUT2D eigenvalue weighted by Crippen LogP contribution is -2.26. The Kier molecular flexibility index (Phi) is 3.59. The van der Waals surface area contributed by atoms with Gasteiger partial charge in [-0.25, -0.2) is 0 Å². The van der Waals surface area contributed by atoms with Gasteiger partial charge in [0.25, 0.3) is 0 Å². The fraction of sp³-hybridized carbons (Fsp3) is 0.333. The van der Waals surface area contributed by atoms with Crippen molar-refractivity contribution in [2.75, 3.05) is 0 Å². The Labute approximate surface area is 101 Å². The van der Waals surface area contributed by atoms with E-state index in [0.29, 0.717) is 0 Å². The third kappa shape index (κ3) is 3.35. The van der Waals surface area contributed by atoms with Gasteiger partial charge < -0.3 is 13.3 Å². The first-order valence-corrected chi connectivity index (χ1v) is 4.39. The first-order chi connectivity index (χ1) is 8.24. The lowest BCUT2D eigenvalue weighted by atomic mass is 9.87. The first kappa shape index (κ1) is 15.7. The summed E-state index contributed by atoms with van der Waals surface area (Å²) < 4.78 is 112. The van der Waals surface area contributed by atoms with E-state index in [2.05, 4.69) is 0 Å². The molecular formula is C9H2BF9-. The molecule has 0 N–H and O–H groups in total. The minimum atomic E-state index is -5.82. The molecule has 105 valence electrons. The van der Waals surface area contributed by atoms with Gasteiger partial charge in [-0.1, -0.05) is 12.1 Å². The molecule has 0 atom stereocenters. The standard InChI is InChI=1S/C9H2BF9/c10-3-1-4(7(11,12)13)6(9(17,18)19)5(2-3)8(14,15)16/h1-2H/q-1. The molecule has 1 aromatic rings. The molecule has 0 amide bonds. The van der Waals surface area contributed by atoms with Crippen LogP contribution in [0.1, 0.15) is 16.7 Å². The molecule has 10 heteroatoms. The Balaban J connectivity index is 3.80. The summed E-state index contributed by atoms with van der Waals surface area (Å²) in [7, 11) is 4.80. The van der Waals surface area contributed by atoms with Crippen molar-refractivity contribution in [3.63, 3.8) is 0 Å². The smallest absolute Gasteiger partial charge is 0.417 e. The van der Waals surface area contributed by atoms with Gasteiger partial charge in [0.15, 0.2) is 0 Å². The highest BCUT2D eigenvalue weighted by Crippen LogP contribution is 2.45. The lowest BCUT2D eigenvalue weighted by Gasteiger charge is -2.24. The van der Waals surface area contributed by atoms with E-state index < -0.39 is 40.7 Å². The summed E-state index contributed by atoms with van der Waals surface area (Å²) >= 11 is 0. The van der Waals surface area contributed by atoms with Gasteiger partial charge in [0.1, 0.15) is 0 Å². The zero-order chi connectivity index (χ0) is 15.2. The monoisotopic (exact) mass is 292 g/mol. The molecule has 0 saturated heterocycles. The summed E-state index contributed by atoms with van der Waals surface area (Å²) in [5.74, 6) is 0. The van der Waals surface area contributed by atoms with Gasteiger partial charge in [-0.3, -0.25) is 0 Å². The molecule has 1 rings (SSSR count). The fourth-order valence-corrected chi connectivity index (χ4v) is 1.42. The highest BCUT2D eigenvalue weighted by atomic mass is 19.4. The minimum absolute atomic E-state index is 0.182. The van der Waals surface area contributed by atoms with Crippen molar-refractivity contribution in [2.45, 2.75) is 18.5 Å².